The second-order valence-electron chi connectivity index (χ2n) is 4.13. The number of benzene rings is 1. The van der Waals surface area contributed by atoms with Crippen LogP contribution in [0.4, 0.5) is 10.1 Å². The lowest BCUT2D eigenvalue weighted by molar-refractivity contribution is -0.115. The molecule has 0 unspecified atom stereocenters. The third-order valence-corrected chi connectivity index (χ3v) is 2.54. The normalized spacial score (nSPS) is 14.8. The van der Waals surface area contributed by atoms with Crippen LogP contribution in [-0.4, -0.2) is 19.0 Å². The molecule has 1 aliphatic carbocycles. The van der Waals surface area contributed by atoms with Gasteiger partial charge in [0.1, 0.15) is 5.82 Å². The minimum atomic E-state index is -0.301. The fraction of sp³-hybridized carbons (Fsp3) is 0.417. The van der Waals surface area contributed by atoms with Crippen LogP contribution in [0.3, 0.4) is 0 Å². The molecule has 2 N–H and O–H groups in total. The lowest BCUT2D eigenvalue weighted by Gasteiger charge is -2.05. The Labute approximate surface area is 94.0 Å². The highest BCUT2D eigenvalue weighted by Crippen LogP contribution is 2.27. The van der Waals surface area contributed by atoms with Crippen molar-refractivity contribution in [1.29, 1.82) is 0 Å². The molecule has 4 heteroatoms. The van der Waals surface area contributed by atoms with E-state index in [9.17, 15) is 9.18 Å². The molecule has 2 rings (SSSR count). The van der Waals surface area contributed by atoms with Crippen molar-refractivity contribution >= 4 is 11.6 Å². The molecular weight excluding hydrogens is 207 g/mol. The van der Waals surface area contributed by atoms with Gasteiger partial charge in [-0.25, -0.2) is 4.39 Å². The Bertz CT molecular complexity index is 360. The molecule has 16 heavy (non-hydrogen) atoms. The number of nitrogens with one attached hydrogen (secondary N) is 2. The fourth-order valence-corrected chi connectivity index (χ4v) is 1.45. The SMILES string of the molecule is O=C(CNCC1CC1)Nc1ccc(F)cc1. The van der Waals surface area contributed by atoms with Crippen molar-refractivity contribution in [2.24, 2.45) is 5.92 Å². The molecule has 0 spiro atoms. The Morgan fingerprint density at radius 3 is 2.62 bits per heavy atom. The summed E-state index contributed by atoms with van der Waals surface area (Å²) in [6.45, 7) is 1.23. The molecule has 0 atom stereocenters. The summed E-state index contributed by atoms with van der Waals surface area (Å²) in [4.78, 5) is 11.4. The molecule has 0 aliphatic heterocycles. The average Bonchev–Trinajstić information content (AvgIpc) is 3.05. The Hall–Kier alpha value is -1.42. The van der Waals surface area contributed by atoms with Gasteiger partial charge >= 0.3 is 0 Å². The summed E-state index contributed by atoms with van der Waals surface area (Å²) in [5, 5.41) is 5.79. The Morgan fingerprint density at radius 1 is 1.31 bits per heavy atom. The third kappa shape index (κ3) is 3.62. The van der Waals surface area contributed by atoms with Crippen molar-refractivity contribution < 1.29 is 9.18 Å². The number of carbonyl (C=O) groups is 1. The molecule has 1 saturated carbocycles. The van der Waals surface area contributed by atoms with Gasteiger partial charge < -0.3 is 10.6 Å². The van der Waals surface area contributed by atoms with Crippen LogP contribution < -0.4 is 10.6 Å². The Morgan fingerprint density at radius 2 is 2.00 bits per heavy atom. The maximum Gasteiger partial charge on any atom is 0.238 e. The molecule has 86 valence electrons. The molecule has 0 aromatic heterocycles. The highest BCUT2D eigenvalue weighted by molar-refractivity contribution is 5.92. The molecular formula is C12H15FN2O. The van der Waals surface area contributed by atoms with Gasteiger partial charge in [0.05, 0.1) is 6.54 Å². The summed E-state index contributed by atoms with van der Waals surface area (Å²) in [7, 11) is 0. The molecule has 1 amide bonds. The monoisotopic (exact) mass is 222 g/mol. The zero-order valence-corrected chi connectivity index (χ0v) is 9.00. The second-order valence-corrected chi connectivity index (χ2v) is 4.13. The molecule has 1 aromatic rings. The van der Waals surface area contributed by atoms with Crippen molar-refractivity contribution in [3.05, 3.63) is 30.1 Å². The van der Waals surface area contributed by atoms with E-state index in [0.717, 1.165) is 12.5 Å². The van der Waals surface area contributed by atoms with Gasteiger partial charge in [-0.05, 0) is 49.6 Å². The van der Waals surface area contributed by atoms with Crippen LogP contribution in [-0.2, 0) is 4.79 Å². The van der Waals surface area contributed by atoms with Gasteiger partial charge in [-0.3, -0.25) is 4.79 Å². The minimum Gasteiger partial charge on any atom is -0.325 e. The number of halogens is 1. The lowest BCUT2D eigenvalue weighted by atomic mass is 10.3. The molecule has 0 heterocycles. The summed E-state index contributed by atoms with van der Waals surface area (Å²) >= 11 is 0. The van der Waals surface area contributed by atoms with E-state index in [2.05, 4.69) is 10.6 Å². The minimum absolute atomic E-state index is 0.0905. The predicted molar refractivity (Wildman–Crippen MR) is 60.6 cm³/mol. The highest BCUT2D eigenvalue weighted by Gasteiger charge is 2.20. The largest absolute Gasteiger partial charge is 0.325 e. The van der Waals surface area contributed by atoms with E-state index in [0.29, 0.717) is 12.2 Å². The number of carbonyl (C=O) groups excluding carboxylic acids is 1. The zero-order valence-electron chi connectivity index (χ0n) is 9.00. The lowest BCUT2D eigenvalue weighted by Crippen LogP contribution is -2.29. The van der Waals surface area contributed by atoms with E-state index in [-0.39, 0.29) is 11.7 Å². The molecule has 0 radical (unpaired) electrons. The van der Waals surface area contributed by atoms with E-state index in [1.807, 2.05) is 0 Å². The number of hydrogen-bond acceptors (Lipinski definition) is 2. The molecule has 1 fully saturated rings. The Kier molecular flexibility index (Phi) is 3.51. The van der Waals surface area contributed by atoms with Crippen molar-refractivity contribution in [3.63, 3.8) is 0 Å². The number of hydrogen-bond donors (Lipinski definition) is 2. The number of amides is 1. The predicted octanol–water partition coefficient (Wildman–Crippen LogP) is 1.76. The quantitative estimate of drug-likeness (QED) is 0.797. The second kappa shape index (κ2) is 5.07. The molecule has 0 saturated heterocycles. The molecule has 3 nitrogen and oxygen atoms in total. The van der Waals surface area contributed by atoms with E-state index >= 15 is 0 Å². The van der Waals surface area contributed by atoms with Gasteiger partial charge in [-0.2, -0.15) is 0 Å². The smallest absolute Gasteiger partial charge is 0.238 e. The Balaban J connectivity index is 1.70. The van der Waals surface area contributed by atoms with Gasteiger partial charge in [0.15, 0.2) is 0 Å². The van der Waals surface area contributed by atoms with Crippen molar-refractivity contribution in [1.82, 2.24) is 5.32 Å². The van der Waals surface area contributed by atoms with Crippen molar-refractivity contribution in [3.8, 4) is 0 Å². The number of rotatable bonds is 5. The molecule has 1 aromatic carbocycles. The van der Waals surface area contributed by atoms with E-state index < -0.39 is 0 Å². The zero-order chi connectivity index (χ0) is 11.4. The first-order valence-corrected chi connectivity index (χ1v) is 5.50. The summed E-state index contributed by atoms with van der Waals surface area (Å²) in [6.07, 6.45) is 2.54. The first kappa shape index (κ1) is 11.1. The van der Waals surface area contributed by atoms with Crippen molar-refractivity contribution in [2.45, 2.75) is 12.8 Å². The average molecular weight is 222 g/mol. The van der Waals surface area contributed by atoms with Crippen LogP contribution in [0.25, 0.3) is 0 Å². The van der Waals surface area contributed by atoms with Gasteiger partial charge in [0.25, 0.3) is 0 Å². The van der Waals surface area contributed by atoms with Crippen LogP contribution >= 0.6 is 0 Å². The standard InChI is InChI=1S/C12H15FN2O/c13-10-3-5-11(6-4-10)15-12(16)8-14-7-9-1-2-9/h3-6,9,14H,1-2,7-8H2,(H,15,16). The van der Waals surface area contributed by atoms with Crippen LogP contribution in [0.5, 0.6) is 0 Å². The summed E-state index contributed by atoms with van der Waals surface area (Å²) < 4.78 is 12.6. The van der Waals surface area contributed by atoms with Crippen molar-refractivity contribution in [2.75, 3.05) is 18.4 Å². The van der Waals surface area contributed by atoms with E-state index in [1.54, 1.807) is 12.1 Å². The highest BCUT2D eigenvalue weighted by atomic mass is 19.1. The topological polar surface area (TPSA) is 41.1 Å². The first-order chi connectivity index (χ1) is 7.74. The third-order valence-electron chi connectivity index (χ3n) is 2.54. The molecule has 1 aliphatic rings. The summed E-state index contributed by atoms with van der Waals surface area (Å²) in [5.74, 6) is 0.371. The summed E-state index contributed by atoms with van der Waals surface area (Å²) in [6, 6.07) is 5.75. The van der Waals surface area contributed by atoms with Gasteiger partial charge in [0, 0.05) is 5.69 Å². The first-order valence-electron chi connectivity index (χ1n) is 5.50. The fourth-order valence-electron chi connectivity index (χ4n) is 1.45. The van der Waals surface area contributed by atoms with E-state index in [1.165, 1.54) is 25.0 Å². The van der Waals surface area contributed by atoms with Gasteiger partial charge in [-0.1, -0.05) is 0 Å². The van der Waals surface area contributed by atoms with Crippen LogP contribution in [0.2, 0.25) is 0 Å². The van der Waals surface area contributed by atoms with Crippen LogP contribution in [0.1, 0.15) is 12.8 Å². The molecule has 0 bridgehead atoms. The van der Waals surface area contributed by atoms with Crippen LogP contribution in [0.15, 0.2) is 24.3 Å². The van der Waals surface area contributed by atoms with Gasteiger partial charge in [0.2, 0.25) is 5.91 Å². The van der Waals surface area contributed by atoms with E-state index in [4.69, 9.17) is 0 Å². The maximum absolute atomic E-state index is 12.6. The van der Waals surface area contributed by atoms with Crippen LogP contribution in [0, 0.1) is 11.7 Å². The summed E-state index contributed by atoms with van der Waals surface area (Å²) in [5.41, 5.74) is 0.625. The van der Waals surface area contributed by atoms with Gasteiger partial charge in [-0.15, -0.1) is 0 Å². The number of anilines is 1. The maximum atomic E-state index is 12.6.